The van der Waals surface area contributed by atoms with Gasteiger partial charge in [0.2, 0.25) is 11.8 Å². The van der Waals surface area contributed by atoms with E-state index in [1.807, 2.05) is 50.2 Å². The van der Waals surface area contributed by atoms with Crippen molar-refractivity contribution < 1.29 is 17.9 Å². The first-order valence-corrected chi connectivity index (χ1v) is 18.4. The van der Waals surface area contributed by atoms with E-state index in [0.29, 0.717) is 24.2 Å². The zero-order chi connectivity index (χ0) is 35.1. The number of rotatable bonds is 5. The molecule has 0 spiro atoms. The Hall–Kier alpha value is -4.51. The maximum atomic E-state index is 14.6. The van der Waals surface area contributed by atoms with E-state index in [1.54, 1.807) is 23.1 Å². The second kappa shape index (κ2) is 13.4. The molecule has 3 atom stereocenters. The van der Waals surface area contributed by atoms with Gasteiger partial charge in [0.25, 0.3) is 15.9 Å². The molecule has 1 saturated heterocycles. The minimum absolute atomic E-state index is 0.0643. The minimum Gasteiger partial charge on any atom is -0.475 e. The fourth-order valence-electron chi connectivity index (χ4n) is 7.07. The topological polar surface area (TPSA) is 118 Å². The number of sulfonamides is 1. The Morgan fingerprint density at radius 1 is 0.898 bits per heavy atom. The molecular weight excluding hydrogens is 637 g/mol. The number of fused-ring (bicyclic) bond motifs is 4. The number of hydrogen-bond donors (Lipinski definition) is 1. The molecule has 10 nitrogen and oxygen atoms in total. The van der Waals surface area contributed by atoms with Gasteiger partial charge in [-0.05, 0) is 93.8 Å². The lowest BCUT2D eigenvalue weighted by molar-refractivity contribution is 0.0509. The van der Waals surface area contributed by atoms with Crippen molar-refractivity contribution in [3.8, 4) is 17.1 Å². The first-order chi connectivity index (χ1) is 23.2. The number of hydrogen-bond acceptors (Lipinski definition) is 8. The van der Waals surface area contributed by atoms with E-state index in [4.69, 9.17) is 9.72 Å². The molecule has 2 aliphatic heterocycles. The summed E-state index contributed by atoms with van der Waals surface area (Å²) < 4.78 is 36.4. The average Bonchev–Trinajstić information content (AvgIpc) is 3.38. The van der Waals surface area contributed by atoms with Gasteiger partial charge in [0.15, 0.2) is 0 Å². The third-order valence-corrected chi connectivity index (χ3v) is 10.7. The lowest BCUT2D eigenvalue weighted by atomic mass is 9.87. The van der Waals surface area contributed by atoms with Crippen LogP contribution in [0.15, 0.2) is 71.6 Å². The summed E-state index contributed by atoms with van der Waals surface area (Å²) in [4.78, 5) is 32.8. The van der Waals surface area contributed by atoms with Crippen LogP contribution < -0.4 is 14.4 Å². The lowest BCUT2D eigenvalue weighted by Crippen LogP contribution is -2.45. The summed E-state index contributed by atoms with van der Waals surface area (Å²) in [5.41, 5.74) is 4.20. The van der Waals surface area contributed by atoms with Crippen molar-refractivity contribution in [2.75, 3.05) is 16.2 Å². The smallest absolute Gasteiger partial charge is 0.264 e. The van der Waals surface area contributed by atoms with Gasteiger partial charge >= 0.3 is 0 Å². The highest BCUT2D eigenvalue weighted by Crippen LogP contribution is 2.33. The quantitative estimate of drug-likeness (QED) is 0.236. The number of nitrogens with zero attached hydrogens (tertiary/aromatic N) is 5. The van der Waals surface area contributed by atoms with Crippen molar-refractivity contribution in [3.63, 3.8) is 0 Å². The Kier molecular flexibility index (Phi) is 9.41. The number of amides is 1. The van der Waals surface area contributed by atoms with E-state index >= 15 is 0 Å². The van der Waals surface area contributed by atoms with E-state index in [2.05, 4.69) is 54.2 Å². The van der Waals surface area contributed by atoms with Gasteiger partial charge < -0.3 is 14.5 Å². The summed E-state index contributed by atoms with van der Waals surface area (Å²) in [6, 6.07) is 20.1. The summed E-state index contributed by atoms with van der Waals surface area (Å²) >= 11 is 0. The summed E-state index contributed by atoms with van der Waals surface area (Å²) in [6.07, 6.45) is 2.82. The monoisotopic (exact) mass is 682 g/mol. The second-order valence-corrected chi connectivity index (χ2v) is 16.3. The molecule has 1 N–H and O–H groups in total. The number of aromatic nitrogens is 3. The third-order valence-electron chi connectivity index (χ3n) is 9.37. The number of aryl methyl sites for hydroxylation is 2. The highest BCUT2D eigenvalue weighted by Gasteiger charge is 2.33. The maximum absolute atomic E-state index is 14.6. The predicted octanol–water partition coefficient (Wildman–Crippen LogP) is 7.17. The number of carbonyl (C=O) groups excluding carboxylic acids is 1. The van der Waals surface area contributed by atoms with Crippen molar-refractivity contribution in [1.29, 1.82) is 0 Å². The zero-order valence-corrected chi connectivity index (χ0v) is 30.2. The Morgan fingerprint density at radius 3 is 2.27 bits per heavy atom. The van der Waals surface area contributed by atoms with Gasteiger partial charge in [0.1, 0.15) is 12.4 Å². The summed E-state index contributed by atoms with van der Waals surface area (Å²) in [5, 5.41) is 0. The molecule has 0 saturated carbocycles. The average molecular weight is 683 g/mol. The Labute approximate surface area is 290 Å². The van der Waals surface area contributed by atoms with Crippen LogP contribution in [-0.4, -0.2) is 58.9 Å². The van der Waals surface area contributed by atoms with Crippen LogP contribution in [0.3, 0.4) is 0 Å². The first-order valence-electron chi connectivity index (χ1n) is 16.9. The SMILES string of the molecule is Cc1cccc(C)c1-c1cc2nc(n1)NS(=O)(=O)c1cccc(c1)C(=O)N(Cc1cccc(N3[C@H](C)CC[C@H]3C)n1)[C@H](CC(C)(C)C)CO2. The number of benzene rings is 2. The molecule has 4 aromatic rings. The van der Waals surface area contributed by atoms with E-state index in [9.17, 15) is 13.2 Å². The van der Waals surface area contributed by atoms with Gasteiger partial charge in [-0.15, -0.1) is 0 Å². The second-order valence-electron chi connectivity index (χ2n) is 14.6. The van der Waals surface area contributed by atoms with Crippen LogP contribution in [0.4, 0.5) is 11.8 Å². The molecule has 1 fully saturated rings. The largest absolute Gasteiger partial charge is 0.475 e. The predicted molar refractivity (Wildman–Crippen MR) is 192 cm³/mol. The zero-order valence-electron chi connectivity index (χ0n) is 29.4. The van der Waals surface area contributed by atoms with Gasteiger partial charge in [-0.1, -0.05) is 51.1 Å². The molecular formula is C38H46N6O4S. The van der Waals surface area contributed by atoms with Crippen LogP contribution in [0.25, 0.3) is 11.3 Å². The van der Waals surface area contributed by atoms with Gasteiger partial charge in [-0.3, -0.25) is 4.79 Å². The van der Waals surface area contributed by atoms with E-state index in [1.165, 1.54) is 12.1 Å². The van der Waals surface area contributed by atoms with Crippen LogP contribution in [0.1, 0.15) is 81.1 Å². The molecule has 11 heteroatoms. The van der Waals surface area contributed by atoms with E-state index < -0.39 is 16.1 Å². The van der Waals surface area contributed by atoms with Gasteiger partial charge in [0, 0.05) is 29.3 Å². The van der Waals surface area contributed by atoms with Gasteiger partial charge in [0.05, 0.1) is 28.9 Å². The normalized spacial score (nSPS) is 20.9. The molecule has 0 unspecified atom stereocenters. The molecule has 2 aliphatic rings. The van der Waals surface area contributed by atoms with Crippen LogP contribution in [0.2, 0.25) is 0 Å². The number of ether oxygens (including phenoxy) is 1. The molecule has 2 aromatic carbocycles. The molecule has 6 rings (SSSR count). The number of pyridine rings is 1. The molecule has 2 aromatic heterocycles. The van der Waals surface area contributed by atoms with Crippen LogP contribution in [0, 0.1) is 19.3 Å². The van der Waals surface area contributed by atoms with Crippen LogP contribution in [0.5, 0.6) is 5.88 Å². The van der Waals surface area contributed by atoms with Crippen molar-refractivity contribution in [1.82, 2.24) is 19.9 Å². The Balaban J connectivity index is 1.47. The lowest BCUT2D eigenvalue weighted by Gasteiger charge is -2.36. The standard InChI is InChI=1S/C38H46N6O4S/c1-24-11-8-12-25(2)35(24)32-20-34-41-37(40-32)42-49(46,47)31-15-9-13-28(19-31)36(45)43(30(23-48-34)21-38(5,6)7)22-29-14-10-16-33(39-29)44-26(3)17-18-27(44)4/h8-16,19-20,26-27,30H,17-18,21-23H2,1-7H3,(H,40,41,42)/t26-,27-,30-/m1/s1. The molecule has 49 heavy (non-hydrogen) atoms. The summed E-state index contributed by atoms with van der Waals surface area (Å²) in [7, 11) is -4.16. The molecule has 0 radical (unpaired) electrons. The van der Waals surface area contributed by atoms with Gasteiger partial charge in [-0.25, -0.2) is 23.1 Å². The molecule has 4 heterocycles. The minimum atomic E-state index is -4.16. The number of carbonyl (C=O) groups is 1. The van der Waals surface area contributed by atoms with Crippen LogP contribution >= 0.6 is 0 Å². The highest BCUT2D eigenvalue weighted by atomic mass is 32.2. The van der Waals surface area contributed by atoms with Crippen molar-refractivity contribution in [2.45, 2.75) is 97.3 Å². The van der Waals surface area contributed by atoms with Crippen molar-refractivity contribution in [2.24, 2.45) is 5.41 Å². The number of nitrogens with one attached hydrogen (secondary N) is 1. The van der Waals surface area contributed by atoms with Crippen molar-refractivity contribution >= 4 is 27.7 Å². The molecule has 4 bridgehead atoms. The van der Waals surface area contributed by atoms with E-state index in [0.717, 1.165) is 41.0 Å². The van der Waals surface area contributed by atoms with Crippen molar-refractivity contribution in [3.05, 3.63) is 89.1 Å². The Bertz CT molecular complexity index is 1940. The number of anilines is 2. The maximum Gasteiger partial charge on any atom is 0.264 e. The fraction of sp³-hybridized carbons (Fsp3) is 0.421. The van der Waals surface area contributed by atoms with Crippen LogP contribution in [-0.2, 0) is 16.6 Å². The Morgan fingerprint density at radius 2 is 1.57 bits per heavy atom. The molecule has 258 valence electrons. The third kappa shape index (κ3) is 7.56. The molecule has 0 aliphatic carbocycles. The fourth-order valence-corrected chi connectivity index (χ4v) is 8.06. The molecule has 1 amide bonds. The summed E-state index contributed by atoms with van der Waals surface area (Å²) in [5.74, 6) is 0.684. The van der Waals surface area contributed by atoms with Gasteiger partial charge in [-0.2, -0.15) is 4.98 Å². The van der Waals surface area contributed by atoms with E-state index in [-0.39, 0.29) is 46.8 Å². The summed E-state index contributed by atoms with van der Waals surface area (Å²) in [6.45, 7) is 15.1. The first kappa shape index (κ1) is 34.4. The highest BCUT2D eigenvalue weighted by molar-refractivity contribution is 7.92.